The van der Waals surface area contributed by atoms with Gasteiger partial charge in [-0.25, -0.2) is 9.18 Å². The van der Waals surface area contributed by atoms with E-state index < -0.39 is 11.8 Å². The molecule has 0 unspecified atom stereocenters. The summed E-state index contributed by atoms with van der Waals surface area (Å²) in [6.07, 6.45) is 2.42. The molecule has 108 valence electrons. The molecule has 0 aliphatic carbocycles. The molecule has 0 saturated heterocycles. The maximum atomic E-state index is 13.1. The fraction of sp³-hybridized carbons (Fsp3) is 0. The lowest BCUT2D eigenvalue weighted by atomic mass is 10.2. The van der Waals surface area contributed by atoms with Gasteiger partial charge in [0, 0.05) is 22.2 Å². The van der Waals surface area contributed by atoms with Crippen LogP contribution in [0.5, 0.6) is 11.5 Å². The van der Waals surface area contributed by atoms with E-state index in [1.165, 1.54) is 24.3 Å². The first kappa shape index (κ1) is 15.5. The molecular formula is C15H9BrClFO3. The molecule has 0 saturated carbocycles. The lowest BCUT2D eigenvalue weighted by molar-refractivity contribution is -0.131. The lowest BCUT2D eigenvalue weighted by Gasteiger charge is -2.10. The van der Waals surface area contributed by atoms with Crippen molar-refractivity contribution in [3.05, 3.63) is 63.4 Å². The van der Waals surface area contributed by atoms with Gasteiger partial charge in [-0.15, -0.1) is 0 Å². The Balaban J connectivity index is 2.34. The highest BCUT2D eigenvalue weighted by Gasteiger charge is 2.07. The molecule has 0 atom stereocenters. The molecular weight excluding hydrogens is 363 g/mol. The second kappa shape index (κ2) is 6.74. The van der Waals surface area contributed by atoms with Crippen LogP contribution in [0.2, 0.25) is 5.02 Å². The summed E-state index contributed by atoms with van der Waals surface area (Å²) in [4.78, 5) is 10.6. The van der Waals surface area contributed by atoms with Crippen molar-refractivity contribution in [2.24, 2.45) is 0 Å². The Kier molecular flexibility index (Phi) is 4.98. The van der Waals surface area contributed by atoms with Crippen molar-refractivity contribution < 1.29 is 19.0 Å². The molecule has 2 aromatic rings. The molecule has 2 aromatic carbocycles. The average Bonchev–Trinajstić information content (AvgIpc) is 2.43. The SMILES string of the molecule is O=C(O)/C=C/c1cc(Br)ccc1Oc1ccc(F)c(Cl)c1. The molecule has 6 heteroatoms. The van der Waals surface area contributed by atoms with Gasteiger partial charge in [0.25, 0.3) is 0 Å². The van der Waals surface area contributed by atoms with Crippen molar-refractivity contribution in [2.75, 3.05) is 0 Å². The number of hydrogen-bond donors (Lipinski definition) is 1. The Hall–Kier alpha value is -1.85. The van der Waals surface area contributed by atoms with Gasteiger partial charge in [-0.05, 0) is 36.4 Å². The molecule has 3 nitrogen and oxygen atoms in total. The normalized spacial score (nSPS) is 10.8. The summed E-state index contributed by atoms with van der Waals surface area (Å²) in [5.41, 5.74) is 0.562. The maximum absolute atomic E-state index is 13.1. The molecule has 21 heavy (non-hydrogen) atoms. The molecule has 0 aliphatic heterocycles. The van der Waals surface area contributed by atoms with E-state index in [-0.39, 0.29) is 5.02 Å². The van der Waals surface area contributed by atoms with Gasteiger partial charge in [0.1, 0.15) is 17.3 Å². The third kappa shape index (κ3) is 4.31. The second-order valence-corrected chi connectivity index (χ2v) is 5.35. The van der Waals surface area contributed by atoms with Crippen LogP contribution in [0, 0.1) is 5.82 Å². The van der Waals surface area contributed by atoms with Crippen LogP contribution in [0.15, 0.2) is 46.9 Å². The minimum atomic E-state index is -1.06. The van der Waals surface area contributed by atoms with Gasteiger partial charge in [0.2, 0.25) is 0 Å². The number of rotatable bonds is 4. The largest absolute Gasteiger partial charge is 0.478 e. The topological polar surface area (TPSA) is 46.5 Å². The molecule has 0 aromatic heterocycles. The Bertz CT molecular complexity index is 716. The molecule has 2 rings (SSSR count). The zero-order valence-electron chi connectivity index (χ0n) is 10.5. The molecule has 0 radical (unpaired) electrons. The van der Waals surface area contributed by atoms with Crippen molar-refractivity contribution in [3.63, 3.8) is 0 Å². The van der Waals surface area contributed by atoms with Crippen LogP contribution in [0.4, 0.5) is 4.39 Å². The van der Waals surface area contributed by atoms with Crippen LogP contribution in [0.3, 0.4) is 0 Å². The second-order valence-electron chi connectivity index (χ2n) is 4.03. The summed E-state index contributed by atoms with van der Waals surface area (Å²) in [7, 11) is 0. The van der Waals surface area contributed by atoms with Gasteiger partial charge >= 0.3 is 5.97 Å². The first-order valence-corrected chi connectivity index (χ1v) is 6.96. The summed E-state index contributed by atoms with van der Waals surface area (Å²) in [6, 6.07) is 9.11. The van der Waals surface area contributed by atoms with E-state index >= 15 is 0 Å². The zero-order chi connectivity index (χ0) is 15.4. The summed E-state index contributed by atoms with van der Waals surface area (Å²) >= 11 is 9.00. The fourth-order valence-electron chi connectivity index (χ4n) is 1.57. The van der Waals surface area contributed by atoms with Crippen LogP contribution >= 0.6 is 27.5 Å². The molecule has 0 aliphatic rings. The lowest BCUT2D eigenvalue weighted by Crippen LogP contribution is -1.90. The zero-order valence-corrected chi connectivity index (χ0v) is 12.9. The predicted octanol–water partition coefficient (Wildman–Crippen LogP) is 5.13. The van der Waals surface area contributed by atoms with Gasteiger partial charge in [-0.2, -0.15) is 0 Å². The maximum Gasteiger partial charge on any atom is 0.328 e. The van der Waals surface area contributed by atoms with E-state index in [1.807, 2.05) is 0 Å². The van der Waals surface area contributed by atoms with Crippen LogP contribution in [-0.4, -0.2) is 11.1 Å². The van der Waals surface area contributed by atoms with Crippen molar-refractivity contribution in [2.45, 2.75) is 0 Å². The van der Waals surface area contributed by atoms with Crippen molar-refractivity contribution in [3.8, 4) is 11.5 Å². The van der Waals surface area contributed by atoms with Crippen LogP contribution in [0.1, 0.15) is 5.56 Å². The molecule has 0 spiro atoms. The van der Waals surface area contributed by atoms with Gasteiger partial charge in [-0.3, -0.25) is 0 Å². The van der Waals surface area contributed by atoms with E-state index in [0.717, 1.165) is 10.5 Å². The minimum absolute atomic E-state index is 0.0489. The molecule has 0 fully saturated rings. The highest BCUT2D eigenvalue weighted by molar-refractivity contribution is 9.10. The van der Waals surface area contributed by atoms with Crippen LogP contribution in [-0.2, 0) is 4.79 Å². The van der Waals surface area contributed by atoms with E-state index in [9.17, 15) is 9.18 Å². The van der Waals surface area contributed by atoms with Gasteiger partial charge in [0.05, 0.1) is 5.02 Å². The number of ether oxygens (including phenoxy) is 1. The van der Waals surface area contributed by atoms with E-state index in [4.69, 9.17) is 21.4 Å². The summed E-state index contributed by atoms with van der Waals surface area (Å²) in [5.74, 6) is -0.816. The monoisotopic (exact) mass is 370 g/mol. The Morgan fingerprint density at radius 1 is 1.29 bits per heavy atom. The van der Waals surface area contributed by atoms with E-state index in [1.54, 1.807) is 18.2 Å². The number of hydrogen-bond acceptors (Lipinski definition) is 2. The quantitative estimate of drug-likeness (QED) is 0.758. The number of carboxylic acids is 1. The van der Waals surface area contributed by atoms with Gasteiger partial charge < -0.3 is 9.84 Å². The number of halogens is 3. The van der Waals surface area contributed by atoms with Crippen LogP contribution < -0.4 is 4.74 Å². The van der Waals surface area contributed by atoms with Crippen LogP contribution in [0.25, 0.3) is 6.08 Å². The number of aliphatic carboxylic acids is 1. The number of benzene rings is 2. The molecule has 1 N–H and O–H groups in total. The van der Waals surface area contributed by atoms with Crippen molar-refractivity contribution >= 4 is 39.6 Å². The van der Waals surface area contributed by atoms with Gasteiger partial charge in [-0.1, -0.05) is 27.5 Å². The third-order valence-corrected chi connectivity index (χ3v) is 3.28. The number of carboxylic acid groups (broad SMARTS) is 1. The highest BCUT2D eigenvalue weighted by atomic mass is 79.9. The fourth-order valence-corrected chi connectivity index (χ4v) is 2.12. The Morgan fingerprint density at radius 2 is 2.05 bits per heavy atom. The summed E-state index contributed by atoms with van der Waals surface area (Å²) in [6.45, 7) is 0. The van der Waals surface area contributed by atoms with Crippen molar-refractivity contribution in [1.29, 1.82) is 0 Å². The van der Waals surface area contributed by atoms with Crippen molar-refractivity contribution in [1.82, 2.24) is 0 Å². The first-order chi connectivity index (χ1) is 9.95. The predicted molar refractivity (Wildman–Crippen MR) is 82.3 cm³/mol. The average molecular weight is 372 g/mol. The highest BCUT2D eigenvalue weighted by Crippen LogP contribution is 2.31. The Labute approximate surface area is 133 Å². The smallest absolute Gasteiger partial charge is 0.328 e. The van der Waals surface area contributed by atoms with Gasteiger partial charge in [0.15, 0.2) is 0 Å². The minimum Gasteiger partial charge on any atom is -0.478 e. The number of carbonyl (C=O) groups is 1. The van der Waals surface area contributed by atoms with E-state index in [2.05, 4.69) is 15.9 Å². The first-order valence-electron chi connectivity index (χ1n) is 5.79. The molecule has 0 heterocycles. The summed E-state index contributed by atoms with van der Waals surface area (Å²) in [5, 5.41) is 8.64. The summed E-state index contributed by atoms with van der Waals surface area (Å²) < 4.78 is 19.5. The third-order valence-electron chi connectivity index (χ3n) is 2.50. The molecule has 0 bridgehead atoms. The standard InChI is InChI=1S/C15H9BrClFO3/c16-10-2-5-14(9(7-10)1-6-15(19)20)21-11-3-4-13(18)12(17)8-11/h1-8H,(H,19,20)/b6-1+. The van der Waals surface area contributed by atoms with E-state index in [0.29, 0.717) is 17.1 Å². The molecule has 0 amide bonds. The Morgan fingerprint density at radius 3 is 2.71 bits per heavy atom.